The van der Waals surface area contributed by atoms with Gasteiger partial charge in [-0.15, -0.1) is 0 Å². The minimum Gasteiger partial charge on any atom is -0.444 e. The van der Waals surface area contributed by atoms with E-state index >= 15 is 0 Å². The molecule has 2 N–H and O–H groups in total. The molecule has 2 fully saturated rings. The SMILES string of the molecule is CC(C)(C)OC(=O)N1CCN(c2cccc3[nH]ncc23)CC1.CC(C)(C)OC(=O)N1CCN(c2cccc3n[nH]c(I)c23)CC1. The van der Waals surface area contributed by atoms with Gasteiger partial charge in [-0.05, 0) is 88.4 Å². The van der Waals surface area contributed by atoms with E-state index in [1.165, 1.54) is 5.69 Å². The van der Waals surface area contributed by atoms with Crippen LogP contribution in [0.25, 0.3) is 21.8 Å². The Bertz CT molecular complexity index is 1620. The molecule has 0 atom stereocenters. The third kappa shape index (κ3) is 8.10. The molecule has 12 nitrogen and oxygen atoms in total. The second-order valence-electron chi connectivity index (χ2n) is 13.2. The highest BCUT2D eigenvalue weighted by Gasteiger charge is 2.28. The van der Waals surface area contributed by atoms with Gasteiger partial charge in [0, 0.05) is 69.1 Å². The first kappa shape index (κ1) is 32.6. The van der Waals surface area contributed by atoms with Crippen molar-refractivity contribution in [3.05, 3.63) is 46.3 Å². The third-order valence-corrected chi connectivity index (χ3v) is 8.30. The van der Waals surface area contributed by atoms with Gasteiger partial charge >= 0.3 is 12.2 Å². The summed E-state index contributed by atoms with van der Waals surface area (Å²) in [7, 11) is 0. The average molecular weight is 731 g/mol. The fourth-order valence-corrected chi connectivity index (χ4v) is 6.09. The van der Waals surface area contributed by atoms with Crippen LogP contribution in [0.15, 0.2) is 42.6 Å². The number of benzene rings is 2. The van der Waals surface area contributed by atoms with Crippen molar-refractivity contribution in [2.75, 3.05) is 62.2 Å². The summed E-state index contributed by atoms with van der Waals surface area (Å²) in [6.07, 6.45) is 1.40. The number of aromatic amines is 2. The van der Waals surface area contributed by atoms with E-state index in [2.05, 4.69) is 64.9 Å². The van der Waals surface area contributed by atoms with Crippen LogP contribution in [0.4, 0.5) is 21.0 Å². The Hall–Kier alpha value is -3.75. The Kier molecular flexibility index (Phi) is 9.65. The number of hydrogen-bond donors (Lipinski definition) is 2. The first-order valence-electron chi connectivity index (χ1n) is 15.3. The van der Waals surface area contributed by atoms with E-state index in [4.69, 9.17) is 9.47 Å². The van der Waals surface area contributed by atoms with Crippen LogP contribution in [0, 0.1) is 3.70 Å². The van der Waals surface area contributed by atoms with E-state index < -0.39 is 11.2 Å². The van der Waals surface area contributed by atoms with Gasteiger partial charge in [0.05, 0.1) is 22.6 Å². The molecule has 2 aliphatic rings. The molecule has 0 unspecified atom stereocenters. The number of ether oxygens (including phenoxy) is 2. The summed E-state index contributed by atoms with van der Waals surface area (Å²) in [5.74, 6) is 0. The third-order valence-electron chi connectivity index (χ3n) is 7.52. The van der Waals surface area contributed by atoms with E-state index in [0.29, 0.717) is 26.2 Å². The standard InChI is InChI=1S/C16H21IN4O2.C16H22N4O2/c1-16(2,3)23-15(22)21-9-7-20(8-10-21)12-6-4-5-11-13(12)14(17)19-18-11;1-16(2,3)22-15(21)20-9-7-19(8-10-20)14-6-4-5-13-12(14)11-17-18-13/h4-6H,7-10H2,1-3H3,(H,18,19);4-6,11H,7-10H2,1-3H3,(H,17,18). The molecule has 6 rings (SSSR count). The van der Waals surface area contributed by atoms with Gasteiger partial charge in [0.1, 0.15) is 14.9 Å². The van der Waals surface area contributed by atoms with Crippen LogP contribution in [0.5, 0.6) is 0 Å². The van der Waals surface area contributed by atoms with E-state index in [0.717, 1.165) is 57.4 Å². The number of piperazine rings is 2. The Morgan fingerprint density at radius 1 is 0.733 bits per heavy atom. The average Bonchev–Trinajstić information content (AvgIpc) is 3.63. The molecule has 13 heteroatoms. The molecule has 242 valence electrons. The summed E-state index contributed by atoms with van der Waals surface area (Å²) >= 11 is 2.28. The van der Waals surface area contributed by atoms with Crippen molar-refractivity contribution in [3.8, 4) is 0 Å². The second kappa shape index (κ2) is 13.3. The predicted molar refractivity (Wildman–Crippen MR) is 185 cm³/mol. The molecule has 0 saturated carbocycles. The van der Waals surface area contributed by atoms with Gasteiger partial charge in [-0.2, -0.15) is 10.2 Å². The van der Waals surface area contributed by atoms with Gasteiger partial charge in [-0.1, -0.05) is 12.1 Å². The molecule has 45 heavy (non-hydrogen) atoms. The number of carbonyl (C=O) groups excluding carboxylic acids is 2. The fraction of sp³-hybridized carbons (Fsp3) is 0.500. The maximum absolute atomic E-state index is 12.2. The number of carbonyl (C=O) groups is 2. The van der Waals surface area contributed by atoms with Crippen molar-refractivity contribution < 1.29 is 19.1 Å². The van der Waals surface area contributed by atoms with Gasteiger partial charge in [0.25, 0.3) is 0 Å². The molecule has 0 spiro atoms. The van der Waals surface area contributed by atoms with Crippen LogP contribution in [-0.2, 0) is 9.47 Å². The number of nitrogens with one attached hydrogen (secondary N) is 2. The fourth-order valence-electron chi connectivity index (χ4n) is 5.42. The largest absolute Gasteiger partial charge is 0.444 e. The second-order valence-corrected chi connectivity index (χ2v) is 14.3. The molecule has 2 aliphatic heterocycles. The molecule has 2 amide bonds. The molecule has 4 aromatic rings. The Morgan fingerprint density at radius 3 is 1.80 bits per heavy atom. The number of amides is 2. The molecule has 0 radical (unpaired) electrons. The van der Waals surface area contributed by atoms with Gasteiger partial charge in [0.2, 0.25) is 0 Å². The quantitative estimate of drug-likeness (QED) is 0.247. The molecule has 2 saturated heterocycles. The van der Waals surface area contributed by atoms with Gasteiger partial charge in [-0.25, -0.2) is 9.59 Å². The van der Waals surface area contributed by atoms with Crippen molar-refractivity contribution >= 4 is 68.0 Å². The zero-order chi connectivity index (χ0) is 32.4. The predicted octanol–water partition coefficient (Wildman–Crippen LogP) is 5.84. The summed E-state index contributed by atoms with van der Waals surface area (Å²) in [6.45, 7) is 17.2. The lowest BCUT2D eigenvalue weighted by atomic mass is 10.2. The molecule has 0 bridgehead atoms. The lowest BCUT2D eigenvalue weighted by molar-refractivity contribution is 0.0230. The first-order valence-corrected chi connectivity index (χ1v) is 16.4. The van der Waals surface area contributed by atoms with Crippen LogP contribution >= 0.6 is 22.6 Å². The lowest BCUT2D eigenvalue weighted by Gasteiger charge is -2.37. The molecule has 4 heterocycles. The van der Waals surface area contributed by atoms with E-state index in [1.807, 2.05) is 72.0 Å². The molecular formula is C32H43IN8O4. The maximum atomic E-state index is 12.2. The number of nitrogens with zero attached hydrogens (tertiary/aromatic N) is 6. The van der Waals surface area contributed by atoms with E-state index in [-0.39, 0.29) is 12.2 Å². The monoisotopic (exact) mass is 730 g/mol. The first-order chi connectivity index (χ1) is 21.3. The summed E-state index contributed by atoms with van der Waals surface area (Å²) in [4.78, 5) is 32.4. The smallest absolute Gasteiger partial charge is 0.410 e. The number of fused-ring (bicyclic) bond motifs is 2. The van der Waals surface area contributed by atoms with E-state index in [9.17, 15) is 9.59 Å². The van der Waals surface area contributed by atoms with Crippen LogP contribution in [0.3, 0.4) is 0 Å². The molecule has 2 aromatic carbocycles. The van der Waals surface area contributed by atoms with E-state index in [1.54, 1.807) is 9.80 Å². The number of H-pyrrole nitrogens is 2. The minimum atomic E-state index is -0.452. The van der Waals surface area contributed by atoms with Crippen molar-refractivity contribution in [2.45, 2.75) is 52.7 Å². The summed E-state index contributed by atoms with van der Waals surface area (Å²) in [5, 5.41) is 16.7. The highest BCUT2D eigenvalue weighted by Crippen LogP contribution is 2.30. The number of anilines is 2. The molecule has 0 aliphatic carbocycles. The number of hydrogen-bond acceptors (Lipinski definition) is 8. The maximum Gasteiger partial charge on any atom is 0.410 e. The minimum absolute atomic E-state index is 0.228. The van der Waals surface area contributed by atoms with Crippen LogP contribution in [-0.4, -0.2) is 106 Å². The Balaban J connectivity index is 0.000000178. The number of halogens is 1. The van der Waals surface area contributed by atoms with Crippen LogP contribution in [0.2, 0.25) is 0 Å². The summed E-state index contributed by atoms with van der Waals surface area (Å²) < 4.78 is 11.9. The number of rotatable bonds is 2. The molecular weight excluding hydrogens is 687 g/mol. The summed E-state index contributed by atoms with van der Waals surface area (Å²) in [5.41, 5.74) is 3.44. The Morgan fingerprint density at radius 2 is 1.24 bits per heavy atom. The normalized spacial score (nSPS) is 16.1. The van der Waals surface area contributed by atoms with Crippen LogP contribution in [0.1, 0.15) is 41.5 Å². The Labute approximate surface area is 277 Å². The molecule has 2 aromatic heterocycles. The van der Waals surface area contributed by atoms with Crippen molar-refractivity contribution in [1.82, 2.24) is 30.2 Å². The number of aromatic nitrogens is 4. The summed E-state index contributed by atoms with van der Waals surface area (Å²) in [6, 6.07) is 12.3. The van der Waals surface area contributed by atoms with Gasteiger partial charge < -0.3 is 29.1 Å². The highest BCUT2D eigenvalue weighted by atomic mass is 127. The topological polar surface area (TPSA) is 123 Å². The van der Waals surface area contributed by atoms with Crippen molar-refractivity contribution in [3.63, 3.8) is 0 Å². The van der Waals surface area contributed by atoms with Gasteiger partial charge in [-0.3, -0.25) is 10.2 Å². The zero-order valence-corrected chi connectivity index (χ0v) is 29.1. The van der Waals surface area contributed by atoms with Crippen molar-refractivity contribution in [2.24, 2.45) is 0 Å². The van der Waals surface area contributed by atoms with Crippen LogP contribution < -0.4 is 9.80 Å². The zero-order valence-electron chi connectivity index (χ0n) is 26.9. The lowest BCUT2D eigenvalue weighted by Crippen LogP contribution is -2.50. The van der Waals surface area contributed by atoms with Crippen molar-refractivity contribution in [1.29, 1.82) is 0 Å². The highest BCUT2D eigenvalue weighted by molar-refractivity contribution is 14.1. The van der Waals surface area contributed by atoms with Gasteiger partial charge in [0.15, 0.2) is 0 Å².